The van der Waals surface area contributed by atoms with Gasteiger partial charge in [-0.25, -0.2) is 9.59 Å². The Morgan fingerprint density at radius 2 is 1.50 bits per heavy atom. The molecule has 24 heavy (non-hydrogen) atoms. The third-order valence-corrected chi connectivity index (χ3v) is 3.19. The molecule has 0 aliphatic heterocycles. The first-order chi connectivity index (χ1) is 10.6. The van der Waals surface area contributed by atoms with Crippen LogP contribution in [-0.4, -0.2) is 28.8 Å². The van der Waals surface area contributed by atoms with Gasteiger partial charge in [0.05, 0.1) is 24.3 Å². The van der Waals surface area contributed by atoms with E-state index < -0.39 is 11.9 Å². The molecule has 0 radical (unpaired) electrons. The van der Waals surface area contributed by atoms with E-state index in [1.807, 2.05) is 30.3 Å². The number of hydrogen-bond donors (Lipinski definition) is 2. The molecule has 5 nitrogen and oxygen atoms in total. The normalized spacial score (nSPS) is 9.50. The Morgan fingerprint density at radius 1 is 0.875 bits per heavy atom. The molecule has 0 heterocycles. The van der Waals surface area contributed by atoms with Crippen molar-refractivity contribution in [2.45, 2.75) is 13.0 Å². The van der Waals surface area contributed by atoms with Crippen LogP contribution in [0.2, 0.25) is 0 Å². The summed E-state index contributed by atoms with van der Waals surface area (Å²) < 4.78 is 5.54. The minimum Gasteiger partial charge on any atom is -1.00 e. The van der Waals surface area contributed by atoms with Gasteiger partial charge >= 0.3 is 71.1 Å². The summed E-state index contributed by atoms with van der Waals surface area (Å²) in [5.41, 5.74) is 1.39. The molecular formula is C17H18Na2O5. The van der Waals surface area contributed by atoms with Crippen molar-refractivity contribution in [1.29, 1.82) is 0 Å². The van der Waals surface area contributed by atoms with Crippen molar-refractivity contribution in [2.24, 2.45) is 0 Å². The van der Waals surface area contributed by atoms with Crippen LogP contribution in [0.4, 0.5) is 0 Å². The molecule has 2 aromatic carbocycles. The van der Waals surface area contributed by atoms with Crippen molar-refractivity contribution < 1.29 is 86.5 Å². The minimum absolute atomic E-state index is 0. The molecule has 0 aromatic heterocycles. The summed E-state index contributed by atoms with van der Waals surface area (Å²) in [7, 11) is 0. The second-order valence-corrected chi connectivity index (χ2v) is 4.78. The van der Waals surface area contributed by atoms with Crippen molar-refractivity contribution in [3.05, 3.63) is 70.8 Å². The number of benzene rings is 2. The van der Waals surface area contributed by atoms with E-state index in [2.05, 4.69) is 0 Å². The van der Waals surface area contributed by atoms with Crippen molar-refractivity contribution in [3.63, 3.8) is 0 Å². The molecule has 2 N–H and O–H groups in total. The number of aromatic carboxylic acids is 2. The van der Waals surface area contributed by atoms with E-state index in [9.17, 15) is 9.59 Å². The molecule has 0 bridgehead atoms. The van der Waals surface area contributed by atoms with Gasteiger partial charge < -0.3 is 17.8 Å². The Kier molecular flexibility index (Phi) is 11.5. The Hall–Kier alpha value is -0.660. The molecule has 0 unspecified atom stereocenters. The van der Waals surface area contributed by atoms with Crippen LogP contribution < -0.4 is 59.1 Å². The van der Waals surface area contributed by atoms with Crippen molar-refractivity contribution in [1.82, 2.24) is 0 Å². The first-order valence-corrected chi connectivity index (χ1v) is 6.79. The summed E-state index contributed by atoms with van der Waals surface area (Å²) >= 11 is 0. The van der Waals surface area contributed by atoms with Crippen LogP contribution in [-0.2, 0) is 17.8 Å². The minimum atomic E-state index is -1.25. The fraction of sp³-hybridized carbons (Fsp3) is 0.176. The summed E-state index contributed by atoms with van der Waals surface area (Å²) in [5.74, 6) is -2.49. The van der Waals surface area contributed by atoms with Gasteiger partial charge in [0.2, 0.25) is 0 Å². The molecule has 0 fully saturated rings. The number of carboxylic acids is 2. The molecule has 2 rings (SSSR count). The van der Waals surface area contributed by atoms with Gasteiger partial charge in [0, 0.05) is 0 Å². The van der Waals surface area contributed by atoms with E-state index in [1.54, 1.807) is 6.07 Å². The van der Waals surface area contributed by atoms with E-state index in [1.165, 1.54) is 12.1 Å². The first-order valence-electron chi connectivity index (χ1n) is 6.79. The number of rotatable bonds is 7. The Labute approximate surface area is 187 Å². The maximum Gasteiger partial charge on any atom is 1.00 e. The second-order valence-electron chi connectivity index (χ2n) is 4.78. The van der Waals surface area contributed by atoms with Crippen LogP contribution in [0.25, 0.3) is 0 Å². The molecule has 0 saturated heterocycles. The van der Waals surface area contributed by atoms with E-state index in [0.717, 1.165) is 11.1 Å². The van der Waals surface area contributed by atoms with E-state index in [0.29, 0.717) is 19.6 Å². The maximum atomic E-state index is 11.1. The molecule has 0 atom stereocenters. The SMILES string of the molecule is O=C(O)c1ccc(CCOCc2ccccc2)cc1C(=O)O.[H-].[H-].[Na+].[Na+]. The smallest absolute Gasteiger partial charge is 1.00 e. The first kappa shape index (κ1) is 23.3. The van der Waals surface area contributed by atoms with Gasteiger partial charge in [-0.05, 0) is 29.7 Å². The van der Waals surface area contributed by atoms with E-state index in [4.69, 9.17) is 14.9 Å². The standard InChI is InChI=1S/C17H16O5.2Na.2H/c18-16(19)14-7-6-12(10-15(14)17(20)21)8-9-22-11-13-4-2-1-3-5-13;;;;/h1-7,10H,8-9,11H2,(H,18,19)(H,20,21);;;;/q;2*+1;2*-1. The third-order valence-electron chi connectivity index (χ3n) is 3.19. The quantitative estimate of drug-likeness (QED) is 0.414. The number of hydrogen-bond acceptors (Lipinski definition) is 3. The molecule has 118 valence electrons. The molecular weight excluding hydrogens is 330 g/mol. The summed E-state index contributed by atoms with van der Waals surface area (Å²) in [4.78, 5) is 22.1. The zero-order chi connectivity index (χ0) is 15.9. The van der Waals surface area contributed by atoms with Crippen molar-refractivity contribution in [3.8, 4) is 0 Å². The Morgan fingerprint density at radius 3 is 2.08 bits per heavy atom. The van der Waals surface area contributed by atoms with Gasteiger partial charge in [0.25, 0.3) is 0 Å². The fourth-order valence-corrected chi connectivity index (χ4v) is 2.06. The molecule has 7 heteroatoms. The van der Waals surface area contributed by atoms with Crippen LogP contribution in [0, 0.1) is 0 Å². The van der Waals surface area contributed by atoms with Gasteiger partial charge in [-0.3, -0.25) is 0 Å². The number of ether oxygens (including phenoxy) is 1. The van der Waals surface area contributed by atoms with Gasteiger partial charge in [-0.15, -0.1) is 0 Å². The maximum absolute atomic E-state index is 11.1. The number of carboxylic acid groups (broad SMARTS) is 2. The van der Waals surface area contributed by atoms with Crippen LogP contribution >= 0.6 is 0 Å². The summed E-state index contributed by atoms with van der Waals surface area (Å²) in [6.45, 7) is 0.917. The molecule has 2 aromatic rings. The van der Waals surface area contributed by atoms with Gasteiger partial charge in [-0.1, -0.05) is 36.4 Å². The molecule has 0 aliphatic carbocycles. The Bertz CT molecular complexity index is 684. The predicted molar refractivity (Wildman–Crippen MR) is 82.4 cm³/mol. The zero-order valence-corrected chi connectivity index (χ0v) is 17.9. The second kappa shape index (κ2) is 11.8. The van der Waals surface area contributed by atoms with Gasteiger partial charge in [0.15, 0.2) is 0 Å². The van der Waals surface area contributed by atoms with E-state index in [-0.39, 0.29) is 73.1 Å². The van der Waals surface area contributed by atoms with Gasteiger partial charge in [0.1, 0.15) is 0 Å². The van der Waals surface area contributed by atoms with Crippen molar-refractivity contribution in [2.75, 3.05) is 6.61 Å². The predicted octanol–water partition coefficient (Wildman–Crippen LogP) is -2.92. The van der Waals surface area contributed by atoms with Crippen LogP contribution in [0.3, 0.4) is 0 Å². The summed E-state index contributed by atoms with van der Waals surface area (Å²) in [6, 6.07) is 14.0. The molecule has 0 spiro atoms. The van der Waals surface area contributed by atoms with Crippen LogP contribution in [0.5, 0.6) is 0 Å². The molecule has 0 aliphatic rings. The fourth-order valence-electron chi connectivity index (χ4n) is 2.06. The van der Waals surface area contributed by atoms with Gasteiger partial charge in [-0.2, -0.15) is 0 Å². The van der Waals surface area contributed by atoms with Crippen LogP contribution in [0.1, 0.15) is 34.7 Å². The zero-order valence-electron chi connectivity index (χ0n) is 15.9. The van der Waals surface area contributed by atoms with Crippen molar-refractivity contribution >= 4 is 11.9 Å². The third kappa shape index (κ3) is 7.07. The number of carbonyl (C=O) groups is 2. The molecule has 0 amide bonds. The van der Waals surface area contributed by atoms with Crippen LogP contribution in [0.15, 0.2) is 48.5 Å². The monoisotopic (exact) mass is 348 g/mol. The summed E-state index contributed by atoms with van der Waals surface area (Å²) in [6.07, 6.45) is 0.521. The molecule has 0 saturated carbocycles. The Balaban J connectivity index is -0.00000132. The average molecular weight is 348 g/mol. The summed E-state index contributed by atoms with van der Waals surface area (Å²) in [5, 5.41) is 18.0. The largest absolute Gasteiger partial charge is 1.00 e. The van der Waals surface area contributed by atoms with E-state index >= 15 is 0 Å². The average Bonchev–Trinajstić information content (AvgIpc) is 2.52. The topological polar surface area (TPSA) is 83.8 Å².